The molecular weight excluding hydrogens is 420 g/mol. The lowest BCUT2D eigenvalue weighted by atomic mass is 10.0. The lowest BCUT2D eigenvalue weighted by molar-refractivity contribution is -0.120. The van der Waals surface area contributed by atoms with E-state index >= 15 is 0 Å². The lowest BCUT2D eigenvalue weighted by Gasteiger charge is -2.16. The number of imide groups is 1. The van der Waals surface area contributed by atoms with Crippen molar-refractivity contribution >= 4 is 28.8 Å². The van der Waals surface area contributed by atoms with E-state index < -0.39 is 11.8 Å². The molecule has 1 N–H and O–H groups in total. The minimum atomic E-state index is -0.464. The molecular formula is C26H24N2O5. The van der Waals surface area contributed by atoms with E-state index in [4.69, 9.17) is 14.2 Å². The molecule has 0 saturated carbocycles. The van der Waals surface area contributed by atoms with Gasteiger partial charge in [-0.25, -0.2) is 4.90 Å². The van der Waals surface area contributed by atoms with Crippen LogP contribution in [0.15, 0.2) is 78.5 Å². The first-order valence-corrected chi connectivity index (χ1v) is 10.5. The van der Waals surface area contributed by atoms with Crippen molar-refractivity contribution in [2.45, 2.75) is 6.92 Å². The van der Waals surface area contributed by atoms with Crippen LogP contribution in [0.25, 0.3) is 5.57 Å². The van der Waals surface area contributed by atoms with E-state index in [1.165, 1.54) is 0 Å². The van der Waals surface area contributed by atoms with E-state index in [1.54, 1.807) is 68.8 Å². The number of rotatable bonds is 8. The Kier molecular flexibility index (Phi) is 6.31. The van der Waals surface area contributed by atoms with E-state index in [1.807, 2.05) is 25.1 Å². The fourth-order valence-electron chi connectivity index (χ4n) is 3.66. The Bertz CT molecular complexity index is 1200. The quantitative estimate of drug-likeness (QED) is 0.516. The molecule has 0 bridgehead atoms. The summed E-state index contributed by atoms with van der Waals surface area (Å²) in [6, 6.07) is 21.2. The van der Waals surface area contributed by atoms with Crippen molar-refractivity contribution in [2.24, 2.45) is 0 Å². The fraction of sp³-hybridized carbons (Fsp3) is 0.154. The van der Waals surface area contributed by atoms with Gasteiger partial charge < -0.3 is 19.5 Å². The summed E-state index contributed by atoms with van der Waals surface area (Å²) in [7, 11) is 3.09. The normalized spacial score (nSPS) is 13.4. The van der Waals surface area contributed by atoms with Gasteiger partial charge in [-0.3, -0.25) is 9.59 Å². The van der Waals surface area contributed by atoms with Crippen molar-refractivity contribution in [1.29, 1.82) is 0 Å². The predicted octanol–water partition coefficient (Wildman–Crippen LogP) is 4.50. The SMILES string of the molecule is CCOc1cccc(N2C(=O)C(Nc3cc(OC)cc(OC)c3)=C(c3ccccc3)C2=O)c1. The first-order valence-electron chi connectivity index (χ1n) is 10.5. The van der Waals surface area contributed by atoms with E-state index in [0.717, 1.165) is 4.90 Å². The molecule has 1 aliphatic heterocycles. The molecule has 3 aromatic carbocycles. The van der Waals surface area contributed by atoms with Gasteiger partial charge in [0.05, 0.1) is 32.1 Å². The summed E-state index contributed by atoms with van der Waals surface area (Å²) in [4.78, 5) is 28.3. The number of anilines is 2. The second-order valence-corrected chi connectivity index (χ2v) is 7.22. The number of methoxy groups -OCH3 is 2. The molecule has 0 aliphatic carbocycles. The van der Waals surface area contributed by atoms with E-state index in [-0.39, 0.29) is 11.3 Å². The first-order chi connectivity index (χ1) is 16.0. The van der Waals surface area contributed by atoms with Crippen LogP contribution in [0.4, 0.5) is 11.4 Å². The highest BCUT2D eigenvalue weighted by Crippen LogP contribution is 2.36. The first kappa shape index (κ1) is 22.0. The summed E-state index contributed by atoms with van der Waals surface area (Å²) in [5.74, 6) is 0.802. The van der Waals surface area contributed by atoms with E-state index in [9.17, 15) is 9.59 Å². The van der Waals surface area contributed by atoms with E-state index in [0.29, 0.717) is 40.8 Å². The van der Waals surface area contributed by atoms with Gasteiger partial charge in [0.1, 0.15) is 22.9 Å². The maximum Gasteiger partial charge on any atom is 0.282 e. The van der Waals surface area contributed by atoms with Gasteiger partial charge in [0.25, 0.3) is 11.8 Å². The van der Waals surface area contributed by atoms with Crippen molar-refractivity contribution in [3.8, 4) is 17.2 Å². The van der Waals surface area contributed by atoms with Gasteiger partial charge in [0.15, 0.2) is 0 Å². The summed E-state index contributed by atoms with van der Waals surface area (Å²) in [5, 5.41) is 3.13. The van der Waals surface area contributed by atoms with Gasteiger partial charge in [-0.2, -0.15) is 0 Å². The van der Waals surface area contributed by atoms with Crippen LogP contribution < -0.4 is 24.4 Å². The number of ether oxygens (including phenoxy) is 3. The number of amides is 2. The maximum absolute atomic E-state index is 13.6. The van der Waals surface area contributed by atoms with Crippen molar-refractivity contribution < 1.29 is 23.8 Å². The zero-order chi connectivity index (χ0) is 23.4. The van der Waals surface area contributed by atoms with Crippen LogP contribution in [-0.2, 0) is 9.59 Å². The van der Waals surface area contributed by atoms with Crippen LogP contribution in [0.3, 0.4) is 0 Å². The van der Waals surface area contributed by atoms with Crippen molar-refractivity contribution in [2.75, 3.05) is 31.0 Å². The fourth-order valence-corrected chi connectivity index (χ4v) is 3.66. The minimum Gasteiger partial charge on any atom is -0.497 e. The van der Waals surface area contributed by atoms with Crippen LogP contribution in [0.1, 0.15) is 12.5 Å². The van der Waals surface area contributed by atoms with Gasteiger partial charge in [0, 0.05) is 30.0 Å². The highest BCUT2D eigenvalue weighted by molar-refractivity contribution is 6.46. The Balaban J connectivity index is 1.80. The average molecular weight is 444 g/mol. The molecule has 33 heavy (non-hydrogen) atoms. The van der Waals surface area contributed by atoms with Crippen LogP contribution >= 0.6 is 0 Å². The summed E-state index contributed by atoms with van der Waals surface area (Å²) < 4.78 is 16.2. The van der Waals surface area contributed by atoms with Gasteiger partial charge in [-0.15, -0.1) is 0 Å². The number of carbonyl (C=O) groups is 2. The molecule has 0 unspecified atom stereocenters. The summed E-state index contributed by atoms with van der Waals surface area (Å²) >= 11 is 0. The molecule has 0 saturated heterocycles. The molecule has 7 nitrogen and oxygen atoms in total. The number of hydrogen-bond acceptors (Lipinski definition) is 6. The Hall–Kier alpha value is -4.26. The largest absolute Gasteiger partial charge is 0.497 e. The number of nitrogens with zero attached hydrogens (tertiary/aromatic N) is 1. The number of hydrogen-bond donors (Lipinski definition) is 1. The Morgan fingerprint density at radius 3 is 2.12 bits per heavy atom. The number of carbonyl (C=O) groups excluding carboxylic acids is 2. The zero-order valence-corrected chi connectivity index (χ0v) is 18.6. The molecule has 3 aromatic rings. The molecule has 168 valence electrons. The third-order valence-corrected chi connectivity index (χ3v) is 5.15. The molecule has 1 aliphatic rings. The van der Waals surface area contributed by atoms with Crippen LogP contribution in [0.5, 0.6) is 17.2 Å². The predicted molar refractivity (Wildman–Crippen MR) is 127 cm³/mol. The molecule has 0 atom stereocenters. The summed E-state index contributed by atoms with van der Waals surface area (Å²) in [6.07, 6.45) is 0. The highest BCUT2D eigenvalue weighted by Gasteiger charge is 2.40. The van der Waals surface area contributed by atoms with Crippen molar-refractivity contribution in [3.05, 3.63) is 84.1 Å². The average Bonchev–Trinajstić information content (AvgIpc) is 3.08. The molecule has 4 rings (SSSR count). The summed E-state index contributed by atoms with van der Waals surface area (Å²) in [5.41, 5.74) is 2.08. The molecule has 7 heteroatoms. The second kappa shape index (κ2) is 9.48. The third-order valence-electron chi connectivity index (χ3n) is 5.15. The molecule has 0 aromatic heterocycles. The van der Waals surface area contributed by atoms with Crippen LogP contribution in [-0.4, -0.2) is 32.6 Å². The Morgan fingerprint density at radius 1 is 0.788 bits per heavy atom. The van der Waals surface area contributed by atoms with Crippen molar-refractivity contribution in [1.82, 2.24) is 0 Å². The van der Waals surface area contributed by atoms with Gasteiger partial charge >= 0.3 is 0 Å². The van der Waals surface area contributed by atoms with Crippen molar-refractivity contribution in [3.63, 3.8) is 0 Å². The minimum absolute atomic E-state index is 0.170. The maximum atomic E-state index is 13.6. The van der Waals surface area contributed by atoms with Crippen LogP contribution in [0, 0.1) is 0 Å². The molecule has 2 amide bonds. The van der Waals surface area contributed by atoms with Gasteiger partial charge in [0.2, 0.25) is 0 Å². The lowest BCUT2D eigenvalue weighted by Crippen LogP contribution is -2.32. The molecule has 0 spiro atoms. The number of benzene rings is 3. The number of nitrogens with one attached hydrogen (secondary N) is 1. The second-order valence-electron chi connectivity index (χ2n) is 7.22. The van der Waals surface area contributed by atoms with Crippen LogP contribution in [0.2, 0.25) is 0 Å². The van der Waals surface area contributed by atoms with Gasteiger partial charge in [-0.05, 0) is 24.6 Å². The molecule has 0 fully saturated rings. The Morgan fingerprint density at radius 2 is 1.48 bits per heavy atom. The third kappa shape index (κ3) is 4.39. The molecule has 1 heterocycles. The van der Waals surface area contributed by atoms with Gasteiger partial charge in [-0.1, -0.05) is 36.4 Å². The highest BCUT2D eigenvalue weighted by atomic mass is 16.5. The topological polar surface area (TPSA) is 77.1 Å². The smallest absolute Gasteiger partial charge is 0.282 e. The van der Waals surface area contributed by atoms with E-state index in [2.05, 4.69) is 5.32 Å². The molecule has 0 radical (unpaired) electrons. The standard InChI is InChI=1S/C26H24N2O5/c1-4-33-20-12-8-11-19(15-20)28-25(29)23(17-9-6-5-7-10-17)24(26(28)30)27-18-13-21(31-2)16-22(14-18)32-3/h5-16,27H,4H2,1-3H3. The summed E-state index contributed by atoms with van der Waals surface area (Å²) in [6.45, 7) is 2.35. The zero-order valence-electron chi connectivity index (χ0n) is 18.6. The monoisotopic (exact) mass is 444 g/mol. The Labute approximate surface area is 192 Å².